The fraction of sp³-hybridized carbons (Fsp3) is 0.333. The second kappa shape index (κ2) is 8.17. The topological polar surface area (TPSA) is 60.5 Å². The molecule has 1 aromatic heterocycles. The molecule has 2 aromatic rings. The molecule has 0 spiro atoms. The van der Waals surface area contributed by atoms with Crippen LogP contribution in [-0.2, 0) is 4.79 Å². The van der Waals surface area contributed by atoms with Crippen molar-refractivity contribution in [3.63, 3.8) is 0 Å². The first-order chi connectivity index (χ1) is 11.0. The minimum Gasteiger partial charge on any atom is -0.484 e. The maximum absolute atomic E-state index is 11.8. The Bertz CT molecular complexity index is 612. The average Bonchev–Trinajstić information content (AvgIpc) is 2.55. The van der Waals surface area contributed by atoms with Crippen LogP contribution in [0, 0.1) is 5.92 Å². The number of nitrogens with zero attached hydrogens (tertiary/aromatic N) is 1. The molecule has 0 radical (unpaired) electrons. The fourth-order valence-corrected chi connectivity index (χ4v) is 1.74. The van der Waals surface area contributed by atoms with Crippen LogP contribution in [0.4, 0.5) is 0 Å². The fourth-order valence-electron chi connectivity index (χ4n) is 1.74. The van der Waals surface area contributed by atoms with Gasteiger partial charge in [0.05, 0.1) is 0 Å². The quantitative estimate of drug-likeness (QED) is 0.851. The van der Waals surface area contributed by atoms with E-state index in [2.05, 4.69) is 24.1 Å². The number of rotatable bonds is 7. The van der Waals surface area contributed by atoms with Gasteiger partial charge in [0, 0.05) is 18.3 Å². The Morgan fingerprint density at radius 2 is 1.78 bits per heavy atom. The van der Waals surface area contributed by atoms with E-state index in [1.54, 1.807) is 36.5 Å². The number of nitrogens with one attached hydrogen (secondary N) is 1. The Hall–Kier alpha value is -2.56. The van der Waals surface area contributed by atoms with Gasteiger partial charge >= 0.3 is 0 Å². The predicted octanol–water partition coefficient (Wildman–Crippen LogP) is 3.41. The highest BCUT2D eigenvalue weighted by molar-refractivity contribution is 5.77. The van der Waals surface area contributed by atoms with Gasteiger partial charge in [0.25, 0.3) is 5.91 Å². The van der Waals surface area contributed by atoms with E-state index in [4.69, 9.17) is 9.47 Å². The minimum atomic E-state index is -0.125. The second-order valence-electron chi connectivity index (χ2n) is 5.63. The van der Waals surface area contributed by atoms with Gasteiger partial charge in [-0.2, -0.15) is 0 Å². The SMILES string of the molecule is CC(C)C(C)NC(=O)COc1ccc(Oc2ccccn2)cc1. The molecule has 0 bridgehead atoms. The van der Waals surface area contributed by atoms with Crippen LogP contribution in [0.1, 0.15) is 20.8 Å². The Labute approximate surface area is 136 Å². The Balaban J connectivity index is 1.82. The zero-order valence-corrected chi connectivity index (χ0v) is 13.7. The highest BCUT2D eigenvalue weighted by Crippen LogP contribution is 2.22. The molecule has 0 fully saturated rings. The number of hydrogen-bond donors (Lipinski definition) is 1. The van der Waals surface area contributed by atoms with E-state index in [1.807, 2.05) is 19.1 Å². The highest BCUT2D eigenvalue weighted by atomic mass is 16.5. The van der Waals surface area contributed by atoms with Gasteiger partial charge in [0.1, 0.15) is 11.5 Å². The molecule has 122 valence electrons. The molecule has 0 saturated carbocycles. The smallest absolute Gasteiger partial charge is 0.258 e. The van der Waals surface area contributed by atoms with Crippen molar-refractivity contribution in [3.8, 4) is 17.4 Å². The molecule has 1 aromatic carbocycles. The molecular formula is C18H22N2O3. The van der Waals surface area contributed by atoms with Crippen molar-refractivity contribution in [2.75, 3.05) is 6.61 Å². The van der Waals surface area contributed by atoms with Gasteiger partial charge in [-0.15, -0.1) is 0 Å². The molecule has 0 saturated heterocycles. The van der Waals surface area contributed by atoms with Crippen molar-refractivity contribution < 1.29 is 14.3 Å². The minimum absolute atomic E-state index is 0.00248. The van der Waals surface area contributed by atoms with E-state index in [9.17, 15) is 4.79 Å². The van der Waals surface area contributed by atoms with E-state index >= 15 is 0 Å². The van der Waals surface area contributed by atoms with Crippen molar-refractivity contribution in [2.45, 2.75) is 26.8 Å². The monoisotopic (exact) mass is 314 g/mol. The van der Waals surface area contributed by atoms with Crippen LogP contribution < -0.4 is 14.8 Å². The maximum atomic E-state index is 11.8. The summed E-state index contributed by atoms with van der Waals surface area (Å²) in [5.74, 6) is 2.07. The lowest BCUT2D eigenvalue weighted by atomic mass is 10.1. The number of pyridine rings is 1. The summed E-state index contributed by atoms with van der Waals surface area (Å²) in [6, 6.07) is 12.7. The summed E-state index contributed by atoms with van der Waals surface area (Å²) in [6.07, 6.45) is 1.67. The lowest BCUT2D eigenvalue weighted by Crippen LogP contribution is -2.38. The zero-order valence-electron chi connectivity index (χ0n) is 13.7. The third-order valence-corrected chi connectivity index (χ3v) is 3.44. The normalized spacial score (nSPS) is 11.8. The van der Waals surface area contributed by atoms with Crippen molar-refractivity contribution in [1.29, 1.82) is 0 Å². The van der Waals surface area contributed by atoms with E-state index in [0.29, 0.717) is 23.3 Å². The molecule has 1 heterocycles. The molecule has 1 atom stereocenters. The van der Waals surface area contributed by atoms with Gasteiger partial charge in [-0.05, 0) is 43.2 Å². The van der Waals surface area contributed by atoms with Crippen molar-refractivity contribution >= 4 is 5.91 Å². The van der Waals surface area contributed by atoms with Gasteiger partial charge in [-0.3, -0.25) is 4.79 Å². The molecule has 2 rings (SSSR count). The molecule has 1 unspecified atom stereocenters. The highest BCUT2D eigenvalue weighted by Gasteiger charge is 2.11. The van der Waals surface area contributed by atoms with Crippen LogP contribution in [0.5, 0.6) is 17.4 Å². The third kappa shape index (κ3) is 5.62. The summed E-state index contributed by atoms with van der Waals surface area (Å²) < 4.78 is 11.1. The summed E-state index contributed by atoms with van der Waals surface area (Å²) in [7, 11) is 0. The average molecular weight is 314 g/mol. The van der Waals surface area contributed by atoms with Crippen molar-refractivity contribution in [1.82, 2.24) is 10.3 Å². The van der Waals surface area contributed by atoms with Crippen LogP contribution in [0.3, 0.4) is 0 Å². The molecular weight excluding hydrogens is 292 g/mol. The van der Waals surface area contributed by atoms with Gasteiger partial charge < -0.3 is 14.8 Å². The standard InChI is InChI=1S/C18H22N2O3/c1-13(2)14(3)20-17(21)12-22-15-7-9-16(10-8-15)23-18-6-4-5-11-19-18/h4-11,13-14H,12H2,1-3H3,(H,20,21). The van der Waals surface area contributed by atoms with E-state index in [0.717, 1.165) is 0 Å². The number of carbonyl (C=O) groups is 1. The van der Waals surface area contributed by atoms with Gasteiger partial charge in [0.15, 0.2) is 6.61 Å². The lowest BCUT2D eigenvalue weighted by Gasteiger charge is -2.17. The Morgan fingerprint density at radius 3 is 2.39 bits per heavy atom. The number of aromatic nitrogens is 1. The van der Waals surface area contributed by atoms with Crippen molar-refractivity contribution in [2.24, 2.45) is 5.92 Å². The first-order valence-electron chi connectivity index (χ1n) is 7.65. The number of ether oxygens (including phenoxy) is 2. The first-order valence-corrected chi connectivity index (χ1v) is 7.65. The molecule has 1 N–H and O–H groups in total. The van der Waals surface area contributed by atoms with Crippen LogP contribution in [0.15, 0.2) is 48.7 Å². The lowest BCUT2D eigenvalue weighted by molar-refractivity contribution is -0.124. The summed E-state index contributed by atoms with van der Waals surface area (Å²) in [5.41, 5.74) is 0. The molecule has 23 heavy (non-hydrogen) atoms. The van der Waals surface area contributed by atoms with E-state index < -0.39 is 0 Å². The predicted molar refractivity (Wildman–Crippen MR) is 88.7 cm³/mol. The Kier molecular flexibility index (Phi) is 5.97. The number of carbonyl (C=O) groups excluding carboxylic acids is 1. The summed E-state index contributed by atoms with van der Waals surface area (Å²) >= 11 is 0. The molecule has 0 aliphatic heterocycles. The molecule has 5 heteroatoms. The van der Waals surface area contributed by atoms with Crippen LogP contribution in [0.25, 0.3) is 0 Å². The molecule has 0 aliphatic rings. The van der Waals surface area contributed by atoms with Crippen molar-refractivity contribution in [3.05, 3.63) is 48.7 Å². The van der Waals surface area contributed by atoms with Gasteiger partial charge in [-0.25, -0.2) is 4.98 Å². The van der Waals surface area contributed by atoms with Crippen LogP contribution >= 0.6 is 0 Å². The number of benzene rings is 1. The summed E-state index contributed by atoms with van der Waals surface area (Å²) in [5, 5.41) is 2.90. The van der Waals surface area contributed by atoms with Crippen LogP contribution in [-0.4, -0.2) is 23.5 Å². The third-order valence-electron chi connectivity index (χ3n) is 3.44. The molecule has 1 amide bonds. The second-order valence-corrected chi connectivity index (χ2v) is 5.63. The molecule has 5 nitrogen and oxygen atoms in total. The maximum Gasteiger partial charge on any atom is 0.258 e. The number of hydrogen-bond acceptors (Lipinski definition) is 4. The molecule has 0 aliphatic carbocycles. The van der Waals surface area contributed by atoms with Gasteiger partial charge in [-0.1, -0.05) is 19.9 Å². The Morgan fingerprint density at radius 1 is 1.09 bits per heavy atom. The van der Waals surface area contributed by atoms with E-state index in [-0.39, 0.29) is 18.6 Å². The zero-order chi connectivity index (χ0) is 16.7. The summed E-state index contributed by atoms with van der Waals surface area (Å²) in [6.45, 7) is 6.10. The van der Waals surface area contributed by atoms with Crippen LogP contribution in [0.2, 0.25) is 0 Å². The van der Waals surface area contributed by atoms with E-state index in [1.165, 1.54) is 0 Å². The first kappa shape index (κ1) is 16.8. The number of amides is 1. The van der Waals surface area contributed by atoms with Gasteiger partial charge in [0.2, 0.25) is 5.88 Å². The largest absolute Gasteiger partial charge is 0.484 e. The summed E-state index contributed by atoms with van der Waals surface area (Å²) in [4.78, 5) is 15.9.